The maximum atomic E-state index is 15.0. The maximum absolute atomic E-state index is 15.0. The lowest BCUT2D eigenvalue weighted by Gasteiger charge is -2.15. The molecule has 1 aromatic heterocycles. The summed E-state index contributed by atoms with van der Waals surface area (Å²) >= 11 is 6.35. The van der Waals surface area contributed by atoms with Crippen molar-refractivity contribution >= 4 is 34.8 Å². The molecule has 6 nitrogen and oxygen atoms in total. The number of carbonyl (C=O) groups is 1. The van der Waals surface area contributed by atoms with Crippen molar-refractivity contribution in [3.05, 3.63) is 106 Å². The first-order valence-corrected chi connectivity index (χ1v) is 11.1. The van der Waals surface area contributed by atoms with Crippen molar-refractivity contribution in [1.29, 1.82) is 0 Å². The van der Waals surface area contributed by atoms with Gasteiger partial charge in [0.1, 0.15) is 17.4 Å². The van der Waals surface area contributed by atoms with Crippen molar-refractivity contribution in [3.63, 3.8) is 0 Å². The standard InChI is InChI=1S/C27H19ClFN3O3/c1-35-23-4-2-3-22(29)25(23)26-21-11-17(28)7-10-19(21)20-12-24(30-13-16(20)14-31-26)32-18-8-5-15(6-9-18)27(33)34/h2-13H,14H2,1H3,(H,30,32)(H,33,34). The summed E-state index contributed by atoms with van der Waals surface area (Å²) in [5, 5.41) is 12.8. The second-order valence-electron chi connectivity index (χ2n) is 7.91. The molecular weight excluding hydrogens is 469 g/mol. The van der Waals surface area contributed by atoms with Gasteiger partial charge >= 0.3 is 5.97 Å². The number of pyridine rings is 1. The third kappa shape index (κ3) is 4.34. The molecule has 0 saturated heterocycles. The molecule has 0 amide bonds. The average Bonchev–Trinajstić information content (AvgIpc) is 3.00. The largest absolute Gasteiger partial charge is 0.496 e. The number of aromatic carboxylic acids is 1. The number of hydrogen-bond donors (Lipinski definition) is 2. The van der Waals surface area contributed by atoms with Crippen molar-refractivity contribution in [2.45, 2.75) is 6.54 Å². The molecule has 3 aromatic carbocycles. The highest BCUT2D eigenvalue weighted by Gasteiger charge is 2.24. The lowest BCUT2D eigenvalue weighted by Crippen LogP contribution is -2.09. The molecule has 0 radical (unpaired) electrons. The summed E-state index contributed by atoms with van der Waals surface area (Å²) in [7, 11) is 1.49. The Labute approximate surface area is 205 Å². The van der Waals surface area contributed by atoms with Crippen LogP contribution in [0.2, 0.25) is 5.02 Å². The van der Waals surface area contributed by atoms with Crippen LogP contribution >= 0.6 is 11.6 Å². The minimum Gasteiger partial charge on any atom is -0.496 e. The minimum atomic E-state index is -0.989. The summed E-state index contributed by atoms with van der Waals surface area (Å²) in [6, 6.07) is 18.4. The van der Waals surface area contributed by atoms with Crippen molar-refractivity contribution in [1.82, 2.24) is 4.98 Å². The van der Waals surface area contributed by atoms with Crippen LogP contribution in [0.25, 0.3) is 11.1 Å². The number of ether oxygens (including phenoxy) is 1. The van der Waals surface area contributed by atoms with Crippen LogP contribution in [0.1, 0.15) is 27.0 Å². The normalized spacial score (nSPS) is 12.1. The number of carboxylic acids is 1. The first kappa shape index (κ1) is 22.6. The Morgan fingerprint density at radius 1 is 1.06 bits per heavy atom. The summed E-state index contributed by atoms with van der Waals surface area (Å²) in [5.74, 6) is -0.479. The summed E-state index contributed by atoms with van der Waals surface area (Å²) in [5.41, 5.74) is 4.88. The van der Waals surface area contributed by atoms with Crippen LogP contribution in [-0.4, -0.2) is 28.9 Å². The topological polar surface area (TPSA) is 83.8 Å². The summed E-state index contributed by atoms with van der Waals surface area (Å²) in [6.07, 6.45) is 1.73. The van der Waals surface area contributed by atoms with Crippen LogP contribution in [-0.2, 0) is 6.54 Å². The summed E-state index contributed by atoms with van der Waals surface area (Å²) in [6.45, 7) is 0.287. The van der Waals surface area contributed by atoms with E-state index in [9.17, 15) is 4.79 Å². The zero-order valence-corrected chi connectivity index (χ0v) is 19.3. The van der Waals surface area contributed by atoms with Gasteiger partial charge in [0.05, 0.1) is 30.5 Å². The lowest BCUT2D eigenvalue weighted by atomic mass is 9.92. The fraction of sp³-hybridized carbons (Fsp3) is 0.0741. The number of nitrogens with one attached hydrogen (secondary N) is 1. The molecule has 0 atom stereocenters. The number of nitrogens with zero attached hydrogens (tertiary/aromatic N) is 2. The van der Waals surface area contributed by atoms with E-state index in [-0.39, 0.29) is 17.7 Å². The number of hydrogen-bond acceptors (Lipinski definition) is 5. The number of rotatable bonds is 5. The average molecular weight is 488 g/mol. The molecule has 0 saturated carbocycles. The van der Waals surface area contributed by atoms with E-state index < -0.39 is 11.8 Å². The van der Waals surface area contributed by atoms with Gasteiger partial charge < -0.3 is 15.2 Å². The molecule has 35 heavy (non-hydrogen) atoms. The molecule has 0 bridgehead atoms. The van der Waals surface area contributed by atoms with E-state index in [4.69, 9.17) is 26.4 Å². The Morgan fingerprint density at radius 3 is 2.60 bits per heavy atom. The van der Waals surface area contributed by atoms with Gasteiger partial charge in [-0.2, -0.15) is 0 Å². The number of anilines is 2. The second-order valence-corrected chi connectivity index (χ2v) is 8.34. The SMILES string of the molecule is COc1cccc(F)c1C1=NCc2cnc(Nc3ccc(C(=O)O)cc3)cc2-c2ccc(Cl)cc21. The Morgan fingerprint density at radius 2 is 1.86 bits per heavy atom. The second kappa shape index (κ2) is 9.19. The fourth-order valence-corrected chi connectivity index (χ4v) is 4.26. The molecule has 5 rings (SSSR count). The van der Waals surface area contributed by atoms with E-state index in [1.54, 1.807) is 42.6 Å². The summed E-state index contributed by atoms with van der Waals surface area (Å²) in [4.78, 5) is 20.4. The van der Waals surface area contributed by atoms with Crippen LogP contribution in [0, 0.1) is 5.82 Å². The van der Waals surface area contributed by atoms with E-state index in [1.165, 1.54) is 25.3 Å². The predicted molar refractivity (Wildman–Crippen MR) is 134 cm³/mol. The van der Waals surface area contributed by atoms with Crippen LogP contribution < -0.4 is 10.1 Å². The minimum absolute atomic E-state index is 0.199. The van der Waals surface area contributed by atoms with Crippen molar-refractivity contribution in [2.24, 2.45) is 4.99 Å². The lowest BCUT2D eigenvalue weighted by molar-refractivity contribution is 0.0697. The first-order valence-electron chi connectivity index (χ1n) is 10.7. The molecule has 0 aliphatic carbocycles. The van der Waals surface area contributed by atoms with E-state index >= 15 is 4.39 Å². The Kier molecular flexibility index (Phi) is 5.93. The third-order valence-corrected chi connectivity index (χ3v) is 5.99. The molecule has 8 heteroatoms. The number of carboxylic acid groups (broad SMARTS) is 1. The van der Waals surface area contributed by atoms with Crippen molar-refractivity contribution in [2.75, 3.05) is 12.4 Å². The third-order valence-electron chi connectivity index (χ3n) is 5.76. The quantitative estimate of drug-likeness (QED) is 0.343. The van der Waals surface area contributed by atoms with E-state index in [0.29, 0.717) is 33.6 Å². The van der Waals surface area contributed by atoms with Gasteiger partial charge in [-0.05, 0) is 71.3 Å². The number of methoxy groups -OCH3 is 1. The van der Waals surface area contributed by atoms with Gasteiger partial charge in [-0.15, -0.1) is 0 Å². The Hall–Kier alpha value is -4.23. The number of fused-ring (bicyclic) bond motifs is 3. The molecule has 174 valence electrons. The van der Waals surface area contributed by atoms with Crippen LogP contribution in [0.15, 0.2) is 77.9 Å². The molecule has 2 N–H and O–H groups in total. The molecular formula is C27H19ClFN3O3. The predicted octanol–water partition coefficient (Wildman–Crippen LogP) is 6.34. The van der Waals surface area contributed by atoms with Gasteiger partial charge in [-0.1, -0.05) is 23.7 Å². The number of halogens is 2. The highest BCUT2D eigenvalue weighted by Crippen LogP contribution is 2.37. The van der Waals surface area contributed by atoms with Gasteiger partial charge in [-0.25, -0.2) is 14.2 Å². The van der Waals surface area contributed by atoms with E-state index in [2.05, 4.69) is 10.3 Å². The van der Waals surface area contributed by atoms with Crippen molar-refractivity contribution < 1.29 is 19.0 Å². The van der Waals surface area contributed by atoms with Gasteiger partial charge in [0.25, 0.3) is 0 Å². The zero-order chi connectivity index (χ0) is 24.5. The summed E-state index contributed by atoms with van der Waals surface area (Å²) < 4.78 is 20.4. The fourth-order valence-electron chi connectivity index (χ4n) is 4.09. The van der Waals surface area contributed by atoms with Gasteiger partial charge in [-0.3, -0.25) is 4.99 Å². The number of aliphatic imine (C=N–C) groups is 1. The molecule has 0 unspecified atom stereocenters. The molecule has 0 spiro atoms. The number of aromatic nitrogens is 1. The molecule has 0 fully saturated rings. The molecule has 2 heterocycles. The first-order chi connectivity index (χ1) is 16.9. The van der Waals surface area contributed by atoms with Gasteiger partial charge in [0.2, 0.25) is 0 Å². The van der Waals surface area contributed by atoms with Crippen LogP contribution in [0.4, 0.5) is 15.9 Å². The molecule has 4 aromatic rings. The van der Waals surface area contributed by atoms with Crippen LogP contribution in [0.5, 0.6) is 5.75 Å². The maximum Gasteiger partial charge on any atom is 0.335 e. The monoisotopic (exact) mass is 487 g/mol. The van der Waals surface area contributed by atoms with E-state index in [0.717, 1.165) is 16.7 Å². The Bertz CT molecular complexity index is 1490. The smallest absolute Gasteiger partial charge is 0.335 e. The number of benzene rings is 3. The van der Waals surface area contributed by atoms with E-state index in [1.807, 2.05) is 12.1 Å². The van der Waals surface area contributed by atoms with Gasteiger partial charge in [0, 0.05) is 22.5 Å². The molecule has 1 aliphatic rings. The Balaban J connectivity index is 1.60. The van der Waals surface area contributed by atoms with Crippen molar-refractivity contribution in [3.8, 4) is 16.9 Å². The zero-order valence-electron chi connectivity index (χ0n) is 18.5. The van der Waals surface area contributed by atoms with Gasteiger partial charge in [0.15, 0.2) is 0 Å². The molecule has 1 aliphatic heterocycles. The van der Waals surface area contributed by atoms with Crippen LogP contribution in [0.3, 0.4) is 0 Å². The highest BCUT2D eigenvalue weighted by atomic mass is 35.5. The highest BCUT2D eigenvalue weighted by molar-refractivity contribution is 6.31.